The first kappa shape index (κ1) is 22.2. The van der Waals surface area contributed by atoms with E-state index in [9.17, 15) is 8.42 Å². The molecule has 1 unspecified atom stereocenters. The lowest BCUT2D eigenvalue weighted by Crippen LogP contribution is -2.42. The van der Waals surface area contributed by atoms with E-state index in [1.54, 1.807) is 7.05 Å². The largest absolute Gasteiger partial charge is 0.489 e. The molecule has 26 heavy (non-hydrogen) atoms. The summed E-state index contributed by atoms with van der Waals surface area (Å²) < 4.78 is 30.5. The maximum atomic E-state index is 11.6. The monoisotopic (exact) mass is 384 g/mol. The zero-order valence-electron chi connectivity index (χ0n) is 16.4. The van der Waals surface area contributed by atoms with Crippen LogP contribution in [0.3, 0.4) is 0 Å². The molecule has 0 amide bonds. The smallest absolute Gasteiger partial charge is 0.211 e. The molecule has 0 spiro atoms. The van der Waals surface area contributed by atoms with E-state index in [1.165, 1.54) is 10.6 Å². The van der Waals surface area contributed by atoms with Gasteiger partial charge in [0.15, 0.2) is 5.96 Å². The molecule has 8 heteroatoms. The molecule has 148 valence electrons. The van der Waals surface area contributed by atoms with Crippen LogP contribution in [-0.2, 0) is 10.0 Å². The van der Waals surface area contributed by atoms with Crippen molar-refractivity contribution in [3.8, 4) is 5.75 Å². The lowest BCUT2D eigenvalue weighted by Gasteiger charge is -2.20. The number of nitrogens with zero attached hydrogens (tertiary/aromatic N) is 2. The molecule has 1 aromatic carbocycles. The first-order valence-electron chi connectivity index (χ1n) is 8.89. The van der Waals surface area contributed by atoms with Crippen molar-refractivity contribution in [2.75, 3.05) is 39.5 Å². The average Bonchev–Trinajstić information content (AvgIpc) is 2.58. The third-order valence-corrected chi connectivity index (χ3v) is 5.28. The van der Waals surface area contributed by atoms with Crippen molar-refractivity contribution < 1.29 is 13.2 Å². The van der Waals surface area contributed by atoms with Gasteiger partial charge < -0.3 is 15.4 Å². The molecule has 7 nitrogen and oxygen atoms in total. The fourth-order valence-corrected chi connectivity index (χ4v) is 3.36. The van der Waals surface area contributed by atoms with Gasteiger partial charge in [0.05, 0.1) is 12.8 Å². The van der Waals surface area contributed by atoms with E-state index >= 15 is 0 Å². The number of sulfonamides is 1. The highest BCUT2D eigenvalue weighted by Gasteiger charge is 2.13. The quantitative estimate of drug-likeness (QED) is 0.364. The Balaban J connectivity index is 2.33. The Kier molecular flexibility index (Phi) is 9.43. The molecule has 0 aliphatic rings. The van der Waals surface area contributed by atoms with Crippen molar-refractivity contribution in [1.82, 2.24) is 14.9 Å². The Hall–Kier alpha value is -1.80. The van der Waals surface area contributed by atoms with Crippen LogP contribution in [0.5, 0.6) is 5.75 Å². The molecule has 1 rings (SSSR count). The molecular weight excluding hydrogens is 352 g/mol. The van der Waals surface area contributed by atoms with Gasteiger partial charge in [-0.1, -0.05) is 25.1 Å². The lowest BCUT2D eigenvalue weighted by atomic mass is 10.2. The van der Waals surface area contributed by atoms with Gasteiger partial charge in [0.25, 0.3) is 0 Å². The summed E-state index contributed by atoms with van der Waals surface area (Å²) in [6.07, 6.45) is 1.92. The number of ether oxygens (including phenoxy) is 1. The zero-order valence-corrected chi connectivity index (χ0v) is 17.3. The van der Waals surface area contributed by atoms with Gasteiger partial charge >= 0.3 is 0 Å². The molecule has 1 aromatic rings. The zero-order chi connectivity index (χ0) is 19.6. The molecule has 0 fully saturated rings. The average molecular weight is 385 g/mol. The van der Waals surface area contributed by atoms with E-state index in [1.807, 2.05) is 45.0 Å². The molecule has 2 N–H and O–H groups in total. The van der Waals surface area contributed by atoms with E-state index in [-0.39, 0.29) is 6.10 Å². The van der Waals surface area contributed by atoms with Crippen molar-refractivity contribution >= 4 is 16.0 Å². The molecule has 0 heterocycles. The molecule has 0 aromatic heterocycles. The second-order valence-corrected chi connectivity index (χ2v) is 8.16. The summed E-state index contributed by atoms with van der Waals surface area (Å²) in [5.41, 5.74) is 1.10. The number of para-hydroxylation sites is 1. The maximum Gasteiger partial charge on any atom is 0.211 e. The third-order valence-electron chi connectivity index (χ3n) is 3.90. The third kappa shape index (κ3) is 8.05. The Morgan fingerprint density at radius 3 is 2.58 bits per heavy atom. The van der Waals surface area contributed by atoms with Crippen molar-refractivity contribution in [3.05, 3.63) is 29.8 Å². The van der Waals surface area contributed by atoms with Crippen molar-refractivity contribution in [2.24, 2.45) is 4.99 Å². The fraction of sp³-hybridized carbons (Fsp3) is 0.611. The number of hydrogen-bond donors (Lipinski definition) is 2. The minimum absolute atomic E-state index is 0.0181. The number of aliphatic imine (C=N–C) groups is 1. The lowest BCUT2D eigenvalue weighted by molar-refractivity contribution is 0.222. The molecule has 0 bridgehead atoms. The molecule has 0 aliphatic carbocycles. The van der Waals surface area contributed by atoms with Gasteiger partial charge in [0.1, 0.15) is 11.9 Å². The number of hydrogen-bond acceptors (Lipinski definition) is 4. The standard InChI is InChI=1S/C18H32N4O3S/c1-6-22(26(5,23)24)13-9-12-20-18(19-4)21-14-16(3)25-17-11-8-7-10-15(17)2/h7-8,10-11,16H,6,9,12-14H2,1-5H3,(H2,19,20,21). The minimum Gasteiger partial charge on any atom is -0.489 e. The summed E-state index contributed by atoms with van der Waals surface area (Å²) in [6.45, 7) is 8.08. The van der Waals surface area contributed by atoms with E-state index in [0.29, 0.717) is 38.6 Å². The Morgan fingerprint density at radius 2 is 2.00 bits per heavy atom. The van der Waals surface area contributed by atoms with Crippen LogP contribution in [0.4, 0.5) is 0 Å². The molecule has 0 saturated heterocycles. The fourth-order valence-electron chi connectivity index (χ4n) is 2.43. The molecule has 0 radical (unpaired) electrons. The van der Waals surface area contributed by atoms with E-state index in [2.05, 4.69) is 15.6 Å². The first-order valence-corrected chi connectivity index (χ1v) is 10.7. The van der Waals surface area contributed by atoms with Crippen LogP contribution < -0.4 is 15.4 Å². The number of rotatable bonds is 10. The first-order chi connectivity index (χ1) is 12.3. The van der Waals surface area contributed by atoms with Crippen LogP contribution in [0.25, 0.3) is 0 Å². The van der Waals surface area contributed by atoms with Crippen LogP contribution in [0.1, 0.15) is 25.8 Å². The van der Waals surface area contributed by atoms with Crippen LogP contribution in [-0.4, -0.2) is 64.3 Å². The maximum absolute atomic E-state index is 11.6. The van der Waals surface area contributed by atoms with E-state index in [0.717, 1.165) is 11.3 Å². The predicted octanol–water partition coefficient (Wildman–Crippen LogP) is 1.60. The van der Waals surface area contributed by atoms with Gasteiger partial charge in [-0.2, -0.15) is 0 Å². The van der Waals surface area contributed by atoms with Gasteiger partial charge in [-0.25, -0.2) is 12.7 Å². The van der Waals surface area contributed by atoms with Crippen LogP contribution in [0, 0.1) is 6.92 Å². The van der Waals surface area contributed by atoms with Crippen LogP contribution in [0.15, 0.2) is 29.3 Å². The van der Waals surface area contributed by atoms with Crippen molar-refractivity contribution in [3.63, 3.8) is 0 Å². The van der Waals surface area contributed by atoms with Gasteiger partial charge in [-0.3, -0.25) is 4.99 Å². The van der Waals surface area contributed by atoms with Gasteiger partial charge in [-0.05, 0) is 31.9 Å². The van der Waals surface area contributed by atoms with E-state index < -0.39 is 10.0 Å². The second kappa shape index (κ2) is 11.0. The SMILES string of the molecule is CCN(CCCNC(=NC)NCC(C)Oc1ccccc1C)S(C)(=O)=O. The summed E-state index contributed by atoms with van der Waals surface area (Å²) >= 11 is 0. The second-order valence-electron chi connectivity index (χ2n) is 6.18. The van der Waals surface area contributed by atoms with Crippen molar-refractivity contribution in [1.29, 1.82) is 0 Å². The van der Waals surface area contributed by atoms with Crippen LogP contribution in [0.2, 0.25) is 0 Å². The summed E-state index contributed by atoms with van der Waals surface area (Å²) in [5, 5.41) is 6.42. The van der Waals surface area contributed by atoms with Crippen LogP contribution >= 0.6 is 0 Å². The van der Waals surface area contributed by atoms with Crippen molar-refractivity contribution in [2.45, 2.75) is 33.3 Å². The number of nitrogens with one attached hydrogen (secondary N) is 2. The topological polar surface area (TPSA) is 83.0 Å². The highest BCUT2D eigenvalue weighted by atomic mass is 32.2. The van der Waals surface area contributed by atoms with E-state index in [4.69, 9.17) is 4.74 Å². The molecule has 0 aliphatic heterocycles. The van der Waals surface area contributed by atoms with Gasteiger partial charge in [0, 0.05) is 26.7 Å². The normalized spacial score (nSPS) is 13.5. The minimum atomic E-state index is -3.13. The number of guanidine groups is 1. The highest BCUT2D eigenvalue weighted by Crippen LogP contribution is 2.17. The number of aryl methyl sites for hydroxylation is 1. The highest BCUT2D eigenvalue weighted by molar-refractivity contribution is 7.88. The van der Waals surface area contributed by atoms with Gasteiger partial charge in [-0.15, -0.1) is 0 Å². The summed E-state index contributed by atoms with van der Waals surface area (Å²) in [5.74, 6) is 1.55. The summed E-state index contributed by atoms with van der Waals surface area (Å²) in [6, 6.07) is 7.92. The Bertz CT molecular complexity index is 677. The predicted molar refractivity (Wildman–Crippen MR) is 107 cm³/mol. The summed E-state index contributed by atoms with van der Waals surface area (Å²) in [7, 11) is -1.43. The summed E-state index contributed by atoms with van der Waals surface area (Å²) in [4.78, 5) is 4.18. The molecular formula is C18H32N4O3S. The van der Waals surface area contributed by atoms with Gasteiger partial charge in [0.2, 0.25) is 10.0 Å². The Morgan fingerprint density at radius 1 is 1.31 bits per heavy atom. The number of benzene rings is 1. The molecule has 1 atom stereocenters. The Labute approximate surface area is 157 Å². The molecule has 0 saturated carbocycles.